The Balaban J connectivity index is 1.61. The molecule has 0 unspecified atom stereocenters. The van der Waals surface area contributed by atoms with Gasteiger partial charge in [0.2, 0.25) is 10.0 Å². The van der Waals surface area contributed by atoms with E-state index in [2.05, 4.69) is 5.32 Å². The lowest BCUT2D eigenvalue weighted by Gasteiger charge is -2.23. The molecule has 9 heteroatoms. The van der Waals surface area contributed by atoms with E-state index in [1.807, 2.05) is 6.92 Å². The van der Waals surface area contributed by atoms with E-state index >= 15 is 0 Å². The highest BCUT2D eigenvalue weighted by Crippen LogP contribution is 2.24. The lowest BCUT2D eigenvalue weighted by molar-refractivity contribution is -0.118. The summed E-state index contributed by atoms with van der Waals surface area (Å²) in [5.41, 5.74) is 1.22. The minimum atomic E-state index is -3.66. The van der Waals surface area contributed by atoms with E-state index < -0.39 is 15.8 Å². The van der Waals surface area contributed by atoms with Crippen molar-refractivity contribution < 1.29 is 27.1 Å². The number of sulfonamides is 1. The molecule has 3 aromatic rings. The van der Waals surface area contributed by atoms with E-state index in [-0.39, 0.29) is 24.6 Å². The zero-order valence-corrected chi connectivity index (χ0v) is 19.1. The summed E-state index contributed by atoms with van der Waals surface area (Å²) < 4.78 is 50.6. The van der Waals surface area contributed by atoms with Crippen LogP contribution in [0.2, 0.25) is 0 Å². The van der Waals surface area contributed by atoms with Gasteiger partial charge in [0.25, 0.3) is 5.91 Å². The zero-order chi connectivity index (χ0) is 23.8. The van der Waals surface area contributed by atoms with E-state index in [0.29, 0.717) is 29.5 Å². The molecule has 0 aromatic heterocycles. The number of hydrogen-bond donors (Lipinski definition) is 1. The van der Waals surface area contributed by atoms with Crippen molar-refractivity contribution in [2.75, 3.05) is 29.1 Å². The molecule has 0 atom stereocenters. The average molecular weight is 473 g/mol. The predicted molar refractivity (Wildman–Crippen MR) is 126 cm³/mol. The van der Waals surface area contributed by atoms with Gasteiger partial charge in [-0.05, 0) is 61.5 Å². The van der Waals surface area contributed by atoms with Crippen LogP contribution in [0.15, 0.2) is 72.8 Å². The second-order valence-corrected chi connectivity index (χ2v) is 9.06. The second kappa shape index (κ2) is 10.8. The number of hydrogen-bond acceptors (Lipinski definition) is 5. The average Bonchev–Trinajstić information content (AvgIpc) is 2.78. The molecule has 7 nitrogen and oxygen atoms in total. The number of nitrogens with zero attached hydrogens (tertiary/aromatic N) is 1. The van der Waals surface area contributed by atoms with Crippen LogP contribution in [0.5, 0.6) is 11.5 Å². The Labute approximate surface area is 192 Å². The number of carbonyl (C=O) groups excluding carboxylic acids is 1. The third-order valence-electron chi connectivity index (χ3n) is 4.62. The predicted octanol–water partition coefficient (Wildman–Crippen LogP) is 4.21. The molecule has 0 aliphatic rings. The molecule has 0 heterocycles. The molecule has 0 saturated heterocycles. The number of halogens is 1. The Morgan fingerprint density at radius 2 is 1.55 bits per heavy atom. The maximum atomic E-state index is 14.0. The lowest BCUT2D eigenvalue weighted by atomic mass is 10.2. The number of rotatable bonds is 10. The summed E-state index contributed by atoms with van der Waals surface area (Å²) in [6.45, 7) is 2.08. The molecular formula is C24H25FN2O5S. The van der Waals surface area contributed by atoms with Crippen molar-refractivity contribution in [3.8, 4) is 11.5 Å². The molecule has 33 heavy (non-hydrogen) atoms. The first-order valence-electron chi connectivity index (χ1n) is 10.2. The molecule has 1 amide bonds. The van der Waals surface area contributed by atoms with Gasteiger partial charge < -0.3 is 14.8 Å². The van der Waals surface area contributed by atoms with E-state index in [9.17, 15) is 17.6 Å². The van der Waals surface area contributed by atoms with Crippen LogP contribution in [0, 0.1) is 5.82 Å². The molecule has 0 bridgehead atoms. The molecule has 0 aliphatic heterocycles. The molecule has 0 saturated carbocycles. The highest BCUT2D eigenvalue weighted by Gasteiger charge is 2.19. The van der Waals surface area contributed by atoms with Crippen LogP contribution >= 0.6 is 0 Å². The highest BCUT2D eigenvalue weighted by atomic mass is 32.2. The standard InChI is InChI=1S/C24H25FN2O5S/c1-3-31-21-12-8-19(9-13-21)26-24(28)17-32-22-14-10-20(11-15-22)27(33(2,29)30)16-18-6-4-5-7-23(18)25/h4-15H,3,16-17H2,1-2H3,(H,26,28). The summed E-state index contributed by atoms with van der Waals surface area (Å²) >= 11 is 0. The second-order valence-electron chi connectivity index (χ2n) is 7.15. The Hall–Kier alpha value is -3.59. The Morgan fingerprint density at radius 1 is 0.939 bits per heavy atom. The topological polar surface area (TPSA) is 84.9 Å². The van der Waals surface area contributed by atoms with Crippen LogP contribution in [0.3, 0.4) is 0 Å². The van der Waals surface area contributed by atoms with Gasteiger partial charge in [-0.25, -0.2) is 12.8 Å². The van der Waals surface area contributed by atoms with Gasteiger partial charge >= 0.3 is 0 Å². The summed E-state index contributed by atoms with van der Waals surface area (Å²) in [6, 6.07) is 19.2. The van der Waals surface area contributed by atoms with Crippen LogP contribution in [-0.2, 0) is 21.4 Å². The molecular weight excluding hydrogens is 447 g/mol. The van der Waals surface area contributed by atoms with E-state index in [1.54, 1.807) is 60.7 Å². The fourth-order valence-corrected chi connectivity index (χ4v) is 3.92. The normalized spacial score (nSPS) is 11.0. The fraction of sp³-hybridized carbons (Fsp3) is 0.208. The summed E-state index contributed by atoms with van der Waals surface area (Å²) in [6.07, 6.45) is 1.06. The van der Waals surface area contributed by atoms with Crippen LogP contribution in [0.25, 0.3) is 0 Å². The van der Waals surface area contributed by atoms with Crippen LogP contribution in [-0.4, -0.2) is 33.8 Å². The monoisotopic (exact) mass is 472 g/mol. The van der Waals surface area contributed by atoms with E-state index in [4.69, 9.17) is 9.47 Å². The largest absolute Gasteiger partial charge is 0.494 e. The third kappa shape index (κ3) is 6.95. The number of nitrogens with one attached hydrogen (secondary N) is 1. The van der Waals surface area contributed by atoms with E-state index in [1.165, 1.54) is 12.1 Å². The fourth-order valence-electron chi connectivity index (χ4n) is 3.04. The van der Waals surface area contributed by atoms with Crippen LogP contribution in [0.1, 0.15) is 12.5 Å². The summed E-state index contributed by atoms with van der Waals surface area (Å²) in [5, 5.41) is 2.72. The summed E-state index contributed by atoms with van der Waals surface area (Å²) in [5.74, 6) is 0.273. The van der Waals surface area contributed by atoms with Gasteiger partial charge in [0, 0.05) is 11.3 Å². The third-order valence-corrected chi connectivity index (χ3v) is 5.76. The summed E-state index contributed by atoms with van der Waals surface area (Å²) in [7, 11) is -3.66. The molecule has 0 spiro atoms. The quantitative estimate of drug-likeness (QED) is 0.478. The van der Waals surface area contributed by atoms with Gasteiger partial charge in [-0.1, -0.05) is 18.2 Å². The Kier molecular flexibility index (Phi) is 7.89. The SMILES string of the molecule is CCOc1ccc(NC(=O)COc2ccc(N(Cc3ccccc3F)S(C)(=O)=O)cc2)cc1. The van der Waals surface area contributed by atoms with Crippen molar-refractivity contribution in [3.05, 3.63) is 84.2 Å². The van der Waals surface area contributed by atoms with Gasteiger partial charge in [0.1, 0.15) is 17.3 Å². The van der Waals surface area contributed by atoms with Crippen molar-refractivity contribution >= 4 is 27.3 Å². The van der Waals surface area contributed by atoms with Gasteiger partial charge in [-0.3, -0.25) is 9.10 Å². The minimum Gasteiger partial charge on any atom is -0.494 e. The van der Waals surface area contributed by atoms with E-state index in [0.717, 1.165) is 10.6 Å². The molecule has 0 fully saturated rings. The van der Waals surface area contributed by atoms with Crippen molar-refractivity contribution in [1.82, 2.24) is 0 Å². The smallest absolute Gasteiger partial charge is 0.262 e. The van der Waals surface area contributed by atoms with Crippen molar-refractivity contribution in [2.24, 2.45) is 0 Å². The first-order chi connectivity index (χ1) is 15.8. The zero-order valence-electron chi connectivity index (χ0n) is 18.3. The first kappa shape index (κ1) is 24.1. The van der Waals surface area contributed by atoms with Crippen LogP contribution in [0.4, 0.5) is 15.8 Å². The summed E-state index contributed by atoms with van der Waals surface area (Å²) in [4.78, 5) is 12.1. The molecule has 0 radical (unpaired) electrons. The molecule has 0 aliphatic carbocycles. The number of amides is 1. The van der Waals surface area contributed by atoms with Crippen molar-refractivity contribution in [2.45, 2.75) is 13.5 Å². The first-order valence-corrected chi connectivity index (χ1v) is 12.1. The maximum Gasteiger partial charge on any atom is 0.262 e. The number of anilines is 2. The van der Waals surface area contributed by atoms with Gasteiger partial charge in [0.15, 0.2) is 6.61 Å². The van der Waals surface area contributed by atoms with Crippen molar-refractivity contribution in [1.29, 1.82) is 0 Å². The van der Waals surface area contributed by atoms with Crippen molar-refractivity contribution in [3.63, 3.8) is 0 Å². The number of benzene rings is 3. The highest BCUT2D eigenvalue weighted by molar-refractivity contribution is 7.92. The molecule has 3 rings (SSSR count). The number of ether oxygens (including phenoxy) is 2. The lowest BCUT2D eigenvalue weighted by Crippen LogP contribution is -2.29. The van der Waals surface area contributed by atoms with Gasteiger partial charge in [-0.15, -0.1) is 0 Å². The van der Waals surface area contributed by atoms with Crippen LogP contribution < -0.4 is 19.1 Å². The maximum absolute atomic E-state index is 14.0. The Morgan fingerprint density at radius 3 is 2.15 bits per heavy atom. The van der Waals surface area contributed by atoms with Gasteiger partial charge in [-0.2, -0.15) is 0 Å². The minimum absolute atomic E-state index is 0.143. The molecule has 3 aromatic carbocycles. The van der Waals surface area contributed by atoms with Gasteiger partial charge in [0.05, 0.1) is 25.1 Å². The Bertz CT molecular complexity index is 1180. The molecule has 174 valence electrons. The number of carbonyl (C=O) groups is 1. The molecule has 1 N–H and O–H groups in total.